The topological polar surface area (TPSA) is 41.6 Å². The van der Waals surface area contributed by atoms with Crippen LogP contribution >= 0.6 is 0 Å². The van der Waals surface area contributed by atoms with Crippen molar-refractivity contribution in [2.24, 2.45) is 0 Å². The fraction of sp³-hybridized carbons (Fsp3) is 0.562. The first kappa shape index (κ1) is 13.4. The summed E-state index contributed by atoms with van der Waals surface area (Å²) in [5.41, 5.74) is 3.20. The van der Waals surface area contributed by atoms with E-state index in [1.54, 1.807) is 0 Å². The summed E-state index contributed by atoms with van der Waals surface area (Å²) in [5.74, 6) is 0.111. The Hall–Kier alpha value is -1.55. The molecule has 1 unspecified atom stereocenters. The normalized spacial score (nSPS) is 20.6. The molecule has 20 heavy (non-hydrogen) atoms. The molecule has 0 saturated carbocycles. The molecule has 1 aromatic carbocycles. The second-order valence-corrected chi connectivity index (χ2v) is 5.53. The monoisotopic (exact) mass is 274 g/mol. The predicted octanol–water partition coefficient (Wildman–Crippen LogP) is 2.30. The molecule has 0 radical (unpaired) electrons. The third kappa shape index (κ3) is 2.66. The molecular weight excluding hydrogens is 252 g/mol. The second kappa shape index (κ2) is 5.83. The molecular formula is C16H22N2O2. The smallest absolute Gasteiger partial charge is 0.254 e. The van der Waals surface area contributed by atoms with Gasteiger partial charge in [0.15, 0.2) is 0 Å². The summed E-state index contributed by atoms with van der Waals surface area (Å²) in [6, 6.07) is 6.01. The number of carbonyl (C=O) groups excluding carboxylic acids is 1. The van der Waals surface area contributed by atoms with E-state index in [-0.39, 0.29) is 12.0 Å². The maximum atomic E-state index is 12.6. The Morgan fingerprint density at radius 1 is 1.50 bits per heavy atom. The van der Waals surface area contributed by atoms with Gasteiger partial charge in [-0.15, -0.1) is 0 Å². The lowest BCUT2D eigenvalue weighted by atomic mass is 10.1. The van der Waals surface area contributed by atoms with Crippen LogP contribution in [0.4, 0.5) is 5.69 Å². The molecule has 1 saturated heterocycles. The minimum absolute atomic E-state index is 0.111. The molecule has 0 spiro atoms. The van der Waals surface area contributed by atoms with Crippen LogP contribution in [-0.2, 0) is 11.2 Å². The van der Waals surface area contributed by atoms with Gasteiger partial charge in [-0.25, -0.2) is 0 Å². The molecule has 4 heteroatoms. The highest BCUT2D eigenvalue weighted by Gasteiger charge is 2.23. The summed E-state index contributed by atoms with van der Waals surface area (Å²) in [6.45, 7) is 5.26. The van der Waals surface area contributed by atoms with Crippen molar-refractivity contribution in [2.45, 2.75) is 32.3 Å². The van der Waals surface area contributed by atoms with Gasteiger partial charge in [-0.05, 0) is 43.9 Å². The van der Waals surface area contributed by atoms with E-state index < -0.39 is 0 Å². The van der Waals surface area contributed by atoms with E-state index in [9.17, 15) is 4.79 Å². The first-order valence-electron chi connectivity index (χ1n) is 7.55. The highest BCUT2D eigenvalue weighted by molar-refractivity contribution is 5.95. The predicted molar refractivity (Wildman–Crippen MR) is 79.2 cm³/mol. The number of rotatable bonds is 4. The molecule has 1 fully saturated rings. The number of anilines is 1. The van der Waals surface area contributed by atoms with Gasteiger partial charge in [0.2, 0.25) is 0 Å². The van der Waals surface area contributed by atoms with Gasteiger partial charge in [0.25, 0.3) is 5.91 Å². The highest BCUT2D eigenvalue weighted by atomic mass is 16.5. The van der Waals surface area contributed by atoms with Gasteiger partial charge >= 0.3 is 0 Å². The van der Waals surface area contributed by atoms with Crippen LogP contribution < -0.4 is 5.32 Å². The number of hydrogen-bond donors (Lipinski definition) is 1. The molecule has 4 nitrogen and oxygen atoms in total. The molecule has 3 rings (SSSR count). The van der Waals surface area contributed by atoms with Crippen molar-refractivity contribution in [3.63, 3.8) is 0 Å². The van der Waals surface area contributed by atoms with Crippen molar-refractivity contribution in [1.82, 2.24) is 4.90 Å². The van der Waals surface area contributed by atoms with Crippen LogP contribution in [0, 0.1) is 0 Å². The first-order valence-corrected chi connectivity index (χ1v) is 7.55. The van der Waals surface area contributed by atoms with E-state index in [0.29, 0.717) is 6.54 Å². The number of ether oxygens (including phenoxy) is 1. The molecule has 1 N–H and O–H groups in total. The van der Waals surface area contributed by atoms with Gasteiger partial charge in [0.05, 0.1) is 6.10 Å². The maximum absolute atomic E-state index is 12.6. The van der Waals surface area contributed by atoms with Crippen LogP contribution in [0.3, 0.4) is 0 Å². The van der Waals surface area contributed by atoms with Crippen LogP contribution in [-0.4, -0.2) is 43.2 Å². The van der Waals surface area contributed by atoms with Gasteiger partial charge in [-0.2, -0.15) is 0 Å². The number of nitrogens with zero attached hydrogens (tertiary/aromatic N) is 1. The molecule has 2 aliphatic heterocycles. The van der Waals surface area contributed by atoms with E-state index in [0.717, 1.165) is 50.2 Å². The van der Waals surface area contributed by atoms with Crippen molar-refractivity contribution in [2.75, 3.05) is 31.6 Å². The van der Waals surface area contributed by atoms with Crippen molar-refractivity contribution in [3.05, 3.63) is 29.3 Å². The number of fused-ring (bicyclic) bond motifs is 1. The quantitative estimate of drug-likeness (QED) is 0.916. The summed E-state index contributed by atoms with van der Waals surface area (Å²) in [7, 11) is 0. The minimum Gasteiger partial charge on any atom is -0.384 e. The highest BCUT2D eigenvalue weighted by Crippen LogP contribution is 2.24. The maximum Gasteiger partial charge on any atom is 0.254 e. The Bertz CT molecular complexity index is 495. The molecule has 2 heterocycles. The summed E-state index contributed by atoms with van der Waals surface area (Å²) in [6.07, 6.45) is 3.44. The summed E-state index contributed by atoms with van der Waals surface area (Å²) in [4.78, 5) is 14.5. The Labute approximate surface area is 120 Å². The molecule has 0 bridgehead atoms. The standard InChI is InChI=1S/C16H22N2O2/c1-2-18(11-14-4-3-9-20-14)16(19)13-6-5-12-7-8-17-15(12)10-13/h5-6,10,14,17H,2-4,7-9,11H2,1H3. The minimum atomic E-state index is 0.111. The third-order valence-electron chi connectivity index (χ3n) is 4.18. The molecule has 0 aromatic heterocycles. The van der Waals surface area contributed by atoms with Crippen LogP contribution in [0.2, 0.25) is 0 Å². The average molecular weight is 274 g/mol. The van der Waals surface area contributed by atoms with Crippen LogP contribution in [0.25, 0.3) is 0 Å². The lowest BCUT2D eigenvalue weighted by Crippen LogP contribution is -2.37. The fourth-order valence-electron chi connectivity index (χ4n) is 3.00. The number of benzene rings is 1. The zero-order valence-corrected chi connectivity index (χ0v) is 12.0. The zero-order chi connectivity index (χ0) is 13.9. The van der Waals surface area contributed by atoms with E-state index in [4.69, 9.17) is 4.74 Å². The zero-order valence-electron chi connectivity index (χ0n) is 12.0. The van der Waals surface area contributed by atoms with Gasteiger partial charge < -0.3 is 15.0 Å². The fourth-order valence-corrected chi connectivity index (χ4v) is 3.00. The Balaban J connectivity index is 1.72. The molecule has 1 amide bonds. The van der Waals surface area contributed by atoms with Crippen LogP contribution in [0.1, 0.15) is 35.7 Å². The second-order valence-electron chi connectivity index (χ2n) is 5.53. The van der Waals surface area contributed by atoms with Crippen molar-refractivity contribution in [3.8, 4) is 0 Å². The number of carbonyl (C=O) groups is 1. The van der Waals surface area contributed by atoms with Crippen molar-refractivity contribution in [1.29, 1.82) is 0 Å². The Morgan fingerprint density at radius 2 is 2.40 bits per heavy atom. The average Bonchev–Trinajstić information content (AvgIpc) is 3.14. The van der Waals surface area contributed by atoms with Gasteiger partial charge in [0, 0.05) is 37.5 Å². The summed E-state index contributed by atoms with van der Waals surface area (Å²) < 4.78 is 5.64. The number of amides is 1. The number of nitrogens with one attached hydrogen (secondary N) is 1. The third-order valence-corrected chi connectivity index (χ3v) is 4.18. The Morgan fingerprint density at radius 3 is 3.15 bits per heavy atom. The molecule has 0 aliphatic carbocycles. The van der Waals surface area contributed by atoms with Crippen LogP contribution in [0.15, 0.2) is 18.2 Å². The summed E-state index contributed by atoms with van der Waals surface area (Å²) >= 11 is 0. The molecule has 2 aliphatic rings. The van der Waals surface area contributed by atoms with Gasteiger partial charge in [-0.1, -0.05) is 6.07 Å². The molecule has 1 atom stereocenters. The summed E-state index contributed by atoms with van der Waals surface area (Å²) in [5, 5.41) is 3.33. The number of likely N-dealkylation sites (N-methyl/N-ethyl adjacent to an activating group) is 1. The van der Waals surface area contributed by atoms with E-state index >= 15 is 0 Å². The lowest BCUT2D eigenvalue weighted by molar-refractivity contribution is 0.0539. The molecule has 1 aromatic rings. The lowest BCUT2D eigenvalue weighted by Gasteiger charge is -2.24. The Kier molecular flexibility index (Phi) is 3.92. The van der Waals surface area contributed by atoms with Crippen molar-refractivity contribution >= 4 is 11.6 Å². The SMILES string of the molecule is CCN(CC1CCCO1)C(=O)c1ccc2c(c1)NCC2. The van der Waals surface area contributed by atoms with E-state index in [1.165, 1.54) is 5.56 Å². The first-order chi connectivity index (χ1) is 9.78. The van der Waals surface area contributed by atoms with E-state index in [2.05, 4.69) is 11.4 Å². The number of hydrogen-bond acceptors (Lipinski definition) is 3. The van der Waals surface area contributed by atoms with Crippen LogP contribution in [0.5, 0.6) is 0 Å². The van der Waals surface area contributed by atoms with Gasteiger partial charge in [-0.3, -0.25) is 4.79 Å². The largest absolute Gasteiger partial charge is 0.384 e. The van der Waals surface area contributed by atoms with Gasteiger partial charge in [0.1, 0.15) is 0 Å². The van der Waals surface area contributed by atoms with E-state index in [1.807, 2.05) is 24.0 Å². The molecule has 108 valence electrons. The van der Waals surface area contributed by atoms with Crippen molar-refractivity contribution < 1.29 is 9.53 Å².